The number of aromatic carboxylic acids is 1. The molecule has 1 aliphatic rings. The third-order valence-electron chi connectivity index (χ3n) is 7.41. The normalized spacial score (nSPS) is 13.5. The Kier molecular flexibility index (Phi) is 9.51. The van der Waals surface area contributed by atoms with Crippen molar-refractivity contribution in [1.29, 1.82) is 0 Å². The van der Waals surface area contributed by atoms with Gasteiger partial charge in [0.15, 0.2) is 5.69 Å². The van der Waals surface area contributed by atoms with Crippen molar-refractivity contribution in [3.05, 3.63) is 102 Å². The summed E-state index contributed by atoms with van der Waals surface area (Å²) in [7, 11) is 1.62. The van der Waals surface area contributed by atoms with Crippen LogP contribution in [0.15, 0.2) is 84.9 Å². The molecule has 1 aromatic heterocycles. The summed E-state index contributed by atoms with van der Waals surface area (Å²) in [5.74, 6) is -0.551. The number of hydroxylamine groups is 2. The minimum atomic E-state index is -1.20. The third-order valence-corrected chi connectivity index (χ3v) is 7.41. The number of nitrogens with zero attached hydrogens (tertiary/aromatic N) is 3. The van der Waals surface area contributed by atoms with Gasteiger partial charge in [-0.1, -0.05) is 86.0 Å². The monoisotopic (exact) mass is 569 g/mol. The molecule has 9 heteroatoms. The summed E-state index contributed by atoms with van der Waals surface area (Å²) in [6, 6.07) is 26.5. The van der Waals surface area contributed by atoms with Crippen LogP contribution in [0, 0.1) is 0 Å². The van der Waals surface area contributed by atoms with Crippen molar-refractivity contribution in [2.45, 2.75) is 57.9 Å². The van der Waals surface area contributed by atoms with Crippen molar-refractivity contribution in [2.24, 2.45) is 0 Å². The van der Waals surface area contributed by atoms with Gasteiger partial charge in [0, 0.05) is 6.07 Å². The Hall–Kier alpha value is -4.63. The predicted molar refractivity (Wildman–Crippen MR) is 157 cm³/mol. The summed E-state index contributed by atoms with van der Waals surface area (Å²) in [5, 5.41) is 15.3. The lowest BCUT2D eigenvalue weighted by molar-refractivity contribution is -0.210. The molecule has 0 saturated heterocycles. The van der Waals surface area contributed by atoms with Gasteiger partial charge < -0.3 is 14.6 Å². The van der Waals surface area contributed by atoms with Crippen molar-refractivity contribution in [2.75, 3.05) is 7.11 Å². The van der Waals surface area contributed by atoms with Crippen molar-refractivity contribution in [3.63, 3.8) is 0 Å². The lowest BCUT2D eigenvalue weighted by Crippen LogP contribution is -2.43. The number of rotatable bonds is 12. The number of amides is 1. The van der Waals surface area contributed by atoms with Gasteiger partial charge >= 0.3 is 5.97 Å². The quantitative estimate of drug-likeness (QED) is 0.205. The van der Waals surface area contributed by atoms with Crippen LogP contribution in [-0.4, -0.2) is 45.0 Å². The zero-order valence-corrected chi connectivity index (χ0v) is 23.6. The van der Waals surface area contributed by atoms with Crippen molar-refractivity contribution >= 4 is 11.9 Å². The fraction of sp³-hybridized carbons (Fsp3) is 0.303. The zero-order valence-electron chi connectivity index (χ0n) is 23.6. The summed E-state index contributed by atoms with van der Waals surface area (Å²) in [6.45, 7) is 0.195. The number of carbonyl (C=O) groups excluding carboxylic acids is 1. The number of methoxy groups -OCH3 is 1. The molecule has 0 bridgehead atoms. The average molecular weight is 570 g/mol. The van der Waals surface area contributed by atoms with E-state index in [9.17, 15) is 14.7 Å². The number of hydrogen-bond donors (Lipinski definition) is 1. The molecule has 42 heavy (non-hydrogen) atoms. The van der Waals surface area contributed by atoms with Crippen molar-refractivity contribution < 1.29 is 29.0 Å². The first-order valence-corrected chi connectivity index (χ1v) is 14.2. The van der Waals surface area contributed by atoms with E-state index in [0.717, 1.165) is 60.1 Å². The van der Waals surface area contributed by atoms with Gasteiger partial charge in [-0.05, 0) is 47.2 Å². The molecular weight excluding hydrogens is 534 g/mol. The number of carboxylic acid groups (broad SMARTS) is 1. The molecule has 218 valence electrons. The highest BCUT2D eigenvalue weighted by molar-refractivity contribution is 5.86. The topological polar surface area (TPSA) is 103 Å². The molecule has 1 heterocycles. The highest BCUT2D eigenvalue weighted by Crippen LogP contribution is 2.28. The highest BCUT2D eigenvalue weighted by atomic mass is 16.7. The maximum atomic E-state index is 13.7. The van der Waals surface area contributed by atoms with E-state index < -0.39 is 5.97 Å². The van der Waals surface area contributed by atoms with Crippen molar-refractivity contribution in [3.8, 4) is 22.8 Å². The van der Waals surface area contributed by atoms with Gasteiger partial charge in [0.25, 0.3) is 5.91 Å². The average Bonchev–Trinajstić information content (AvgIpc) is 3.44. The van der Waals surface area contributed by atoms with Gasteiger partial charge in [0.1, 0.15) is 25.5 Å². The molecule has 0 aliphatic heterocycles. The van der Waals surface area contributed by atoms with Gasteiger partial charge in [0.05, 0.1) is 13.2 Å². The Morgan fingerprint density at radius 2 is 1.64 bits per heavy atom. The molecule has 1 saturated carbocycles. The molecule has 1 amide bonds. The summed E-state index contributed by atoms with van der Waals surface area (Å²) in [6.07, 6.45) is 4.89. The van der Waals surface area contributed by atoms with E-state index in [-0.39, 0.29) is 43.3 Å². The molecule has 0 spiro atoms. The van der Waals surface area contributed by atoms with E-state index in [4.69, 9.17) is 14.3 Å². The Labute approximate surface area is 245 Å². The van der Waals surface area contributed by atoms with Crippen LogP contribution >= 0.6 is 0 Å². The SMILES string of the molecule is COc1ccc(-c2ccccc2COc2cc(C(=O)O)nn2CC(=O)N(OCc2ccccc2)C2CCCCC2)cc1. The molecule has 0 atom stereocenters. The maximum absolute atomic E-state index is 13.7. The van der Waals surface area contributed by atoms with Crippen LogP contribution in [-0.2, 0) is 29.4 Å². The van der Waals surface area contributed by atoms with Gasteiger partial charge in [-0.2, -0.15) is 5.10 Å². The number of carboxylic acids is 1. The van der Waals surface area contributed by atoms with Crippen LogP contribution in [0.4, 0.5) is 0 Å². The minimum Gasteiger partial charge on any atom is -0.497 e. The Morgan fingerprint density at radius 1 is 0.929 bits per heavy atom. The number of benzene rings is 3. The van der Waals surface area contributed by atoms with Gasteiger partial charge in [-0.3, -0.25) is 9.63 Å². The standard InChI is InChI=1S/C33H35N3O6/c1-40-28-18-16-25(17-19-28)29-15-9-8-12-26(29)23-41-32-20-30(33(38)39)34-35(32)21-31(37)36(27-13-6-3-7-14-27)42-22-24-10-4-2-5-11-24/h2,4-5,8-12,15-20,27H,3,6-7,13-14,21-23H2,1H3,(H,38,39). The number of carbonyl (C=O) groups is 2. The number of hydrogen-bond acceptors (Lipinski definition) is 6. The highest BCUT2D eigenvalue weighted by Gasteiger charge is 2.28. The summed E-state index contributed by atoms with van der Waals surface area (Å²) in [4.78, 5) is 31.5. The molecule has 1 aliphatic carbocycles. The second kappa shape index (κ2) is 13.8. The zero-order chi connectivity index (χ0) is 29.3. The third kappa shape index (κ3) is 7.16. The Morgan fingerprint density at radius 3 is 2.36 bits per heavy atom. The van der Waals surface area contributed by atoms with Crippen LogP contribution in [0.3, 0.4) is 0 Å². The van der Waals surface area contributed by atoms with E-state index in [1.165, 1.54) is 15.8 Å². The second-order valence-corrected chi connectivity index (χ2v) is 10.3. The summed E-state index contributed by atoms with van der Waals surface area (Å²) in [5.41, 5.74) is 3.62. The largest absolute Gasteiger partial charge is 0.497 e. The molecule has 5 rings (SSSR count). The molecule has 4 aromatic rings. The van der Waals surface area contributed by atoms with Crippen LogP contribution in [0.5, 0.6) is 11.6 Å². The van der Waals surface area contributed by atoms with E-state index in [2.05, 4.69) is 5.10 Å². The van der Waals surface area contributed by atoms with Crippen LogP contribution in [0.25, 0.3) is 11.1 Å². The Bertz CT molecular complexity index is 1480. The van der Waals surface area contributed by atoms with E-state index in [1.807, 2.05) is 78.9 Å². The molecule has 3 aromatic carbocycles. The lowest BCUT2D eigenvalue weighted by atomic mass is 9.95. The summed E-state index contributed by atoms with van der Waals surface area (Å²) >= 11 is 0. The first kappa shape index (κ1) is 28.9. The first-order chi connectivity index (χ1) is 20.5. The maximum Gasteiger partial charge on any atom is 0.356 e. The molecule has 9 nitrogen and oxygen atoms in total. The van der Waals surface area contributed by atoms with Gasteiger partial charge in [-0.15, -0.1) is 0 Å². The molecular formula is C33H35N3O6. The first-order valence-electron chi connectivity index (χ1n) is 14.2. The molecule has 1 fully saturated rings. The fourth-order valence-electron chi connectivity index (χ4n) is 5.20. The number of ether oxygens (including phenoxy) is 2. The minimum absolute atomic E-state index is 0.0507. The van der Waals surface area contributed by atoms with Crippen LogP contribution < -0.4 is 9.47 Å². The Balaban J connectivity index is 1.34. The van der Waals surface area contributed by atoms with E-state index in [0.29, 0.717) is 0 Å². The van der Waals surface area contributed by atoms with Crippen LogP contribution in [0.2, 0.25) is 0 Å². The molecule has 0 radical (unpaired) electrons. The van der Waals surface area contributed by atoms with E-state index >= 15 is 0 Å². The second-order valence-electron chi connectivity index (χ2n) is 10.3. The lowest BCUT2D eigenvalue weighted by Gasteiger charge is -2.33. The molecule has 0 unspecified atom stereocenters. The van der Waals surface area contributed by atoms with Gasteiger partial charge in [-0.25, -0.2) is 14.5 Å². The van der Waals surface area contributed by atoms with Crippen LogP contribution in [0.1, 0.15) is 53.7 Å². The number of aromatic nitrogens is 2. The van der Waals surface area contributed by atoms with Crippen molar-refractivity contribution in [1.82, 2.24) is 14.8 Å². The van der Waals surface area contributed by atoms with E-state index in [1.54, 1.807) is 7.11 Å². The molecule has 1 N–H and O–H groups in total. The summed E-state index contributed by atoms with van der Waals surface area (Å²) < 4.78 is 12.7. The fourth-order valence-corrected chi connectivity index (χ4v) is 5.20. The van der Waals surface area contributed by atoms with Gasteiger partial charge in [0.2, 0.25) is 5.88 Å². The predicted octanol–water partition coefficient (Wildman–Crippen LogP) is 6.13. The smallest absolute Gasteiger partial charge is 0.356 e.